The summed E-state index contributed by atoms with van der Waals surface area (Å²) in [6.45, 7) is 3.56. The molecule has 0 saturated carbocycles. The van der Waals surface area contributed by atoms with E-state index in [4.69, 9.17) is 4.74 Å². The molecule has 2 aromatic carbocycles. The molecule has 2 nitrogen and oxygen atoms in total. The van der Waals surface area contributed by atoms with E-state index in [0.717, 1.165) is 5.56 Å². The second kappa shape index (κ2) is 6.01. The lowest BCUT2D eigenvalue weighted by Gasteiger charge is -2.13. The third-order valence-electron chi connectivity index (χ3n) is 3.27. The molecule has 0 aliphatic rings. The van der Waals surface area contributed by atoms with Crippen LogP contribution < -0.4 is 10.1 Å². The molecular formula is C16H17F2NO. The number of rotatable bonds is 4. The van der Waals surface area contributed by atoms with Crippen LogP contribution in [-0.2, 0) is 0 Å². The highest BCUT2D eigenvalue weighted by molar-refractivity contribution is 5.37. The normalized spacial score (nSPS) is 12.2. The van der Waals surface area contributed by atoms with Gasteiger partial charge in [0.1, 0.15) is 0 Å². The van der Waals surface area contributed by atoms with Gasteiger partial charge in [0.15, 0.2) is 23.1 Å². The van der Waals surface area contributed by atoms with Gasteiger partial charge < -0.3 is 10.1 Å². The van der Waals surface area contributed by atoms with E-state index >= 15 is 0 Å². The number of nitrogens with one attached hydrogen (secondary N) is 1. The second-order valence-corrected chi connectivity index (χ2v) is 4.69. The minimum Gasteiger partial charge on any atom is -0.451 e. The van der Waals surface area contributed by atoms with Crippen molar-refractivity contribution in [2.45, 2.75) is 19.9 Å². The first-order chi connectivity index (χ1) is 9.52. The Labute approximate surface area is 117 Å². The van der Waals surface area contributed by atoms with E-state index in [2.05, 4.69) is 5.32 Å². The van der Waals surface area contributed by atoms with Gasteiger partial charge in [-0.15, -0.1) is 0 Å². The van der Waals surface area contributed by atoms with Crippen molar-refractivity contribution in [3.63, 3.8) is 0 Å². The van der Waals surface area contributed by atoms with E-state index in [-0.39, 0.29) is 17.5 Å². The molecule has 0 aliphatic heterocycles. The summed E-state index contributed by atoms with van der Waals surface area (Å²) in [5, 5.41) is 3.03. The SMILES string of the molecule is CNC(C)c1ccc(Oc2cccc(C)c2F)c(F)c1. The lowest BCUT2D eigenvalue weighted by Crippen LogP contribution is -2.12. The van der Waals surface area contributed by atoms with Crippen molar-refractivity contribution >= 4 is 0 Å². The Hall–Kier alpha value is -1.94. The van der Waals surface area contributed by atoms with Crippen LogP contribution in [0.5, 0.6) is 11.5 Å². The molecule has 0 aliphatic carbocycles. The number of aryl methyl sites for hydroxylation is 1. The number of benzene rings is 2. The number of ether oxygens (including phenoxy) is 1. The lowest BCUT2D eigenvalue weighted by molar-refractivity contribution is 0.412. The first-order valence-corrected chi connectivity index (χ1v) is 6.42. The fourth-order valence-corrected chi connectivity index (χ4v) is 1.85. The van der Waals surface area contributed by atoms with Gasteiger partial charge in [-0.3, -0.25) is 0 Å². The maximum atomic E-state index is 14.0. The molecule has 0 spiro atoms. The van der Waals surface area contributed by atoms with Gasteiger partial charge >= 0.3 is 0 Å². The Bertz CT molecular complexity index is 613. The van der Waals surface area contributed by atoms with E-state index in [9.17, 15) is 8.78 Å². The zero-order valence-corrected chi connectivity index (χ0v) is 11.7. The summed E-state index contributed by atoms with van der Waals surface area (Å²) in [5.41, 5.74) is 1.27. The van der Waals surface area contributed by atoms with E-state index in [1.54, 1.807) is 32.2 Å². The van der Waals surface area contributed by atoms with Gasteiger partial charge in [-0.2, -0.15) is 0 Å². The average molecular weight is 277 g/mol. The monoisotopic (exact) mass is 277 g/mol. The minimum atomic E-state index is -0.509. The molecule has 106 valence electrons. The maximum absolute atomic E-state index is 14.0. The van der Waals surface area contributed by atoms with Crippen molar-refractivity contribution < 1.29 is 13.5 Å². The Morgan fingerprint density at radius 2 is 1.85 bits per heavy atom. The maximum Gasteiger partial charge on any atom is 0.168 e. The van der Waals surface area contributed by atoms with Gasteiger partial charge in [-0.05, 0) is 50.2 Å². The molecule has 2 aromatic rings. The van der Waals surface area contributed by atoms with E-state index in [1.165, 1.54) is 18.2 Å². The van der Waals surface area contributed by atoms with Crippen LogP contribution in [0.15, 0.2) is 36.4 Å². The third-order valence-corrected chi connectivity index (χ3v) is 3.27. The Morgan fingerprint density at radius 1 is 1.10 bits per heavy atom. The molecule has 0 amide bonds. The summed E-state index contributed by atoms with van der Waals surface area (Å²) in [4.78, 5) is 0. The van der Waals surface area contributed by atoms with Crippen molar-refractivity contribution in [3.05, 3.63) is 59.2 Å². The van der Waals surface area contributed by atoms with E-state index in [0.29, 0.717) is 5.56 Å². The van der Waals surface area contributed by atoms with Gasteiger partial charge in [0.2, 0.25) is 0 Å². The molecule has 0 bridgehead atoms. The molecule has 4 heteroatoms. The average Bonchev–Trinajstić information content (AvgIpc) is 2.45. The largest absolute Gasteiger partial charge is 0.451 e. The summed E-state index contributed by atoms with van der Waals surface area (Å²) in [5.74, 6) is -0.940. The molecule has 0 radical (unpaired) electrons. The summed E-state index contributed by atoms with van der Waals surface area (Å²) in [6.07, 6.45) is 0. The lowest BCUT2D eigenvalue weighted by atomic mass is 10.1. The zero-order chi connectivity index (χ0) is 14.7. The predicted molar refractivity (Wildman–Crippen MR) is 75.1 cm³/mol. The molecule has 1 unspecified atom stereocenters. The first-order valence-electron chi connectivity index (χ1n) is 6.42. The summed E-state index contributed by atoms with van der Waals surface area (Å²) >= 11 is 0. The fraction of sp³-hybridized carbons (Fsp3) is 0.250. The first kappa shape index (κ1) is 14.5. The molecule has 2 rings (SSSR count). The highest BCUT2D eigenvalue weighted by Crippen LogP contribution is 2.29. The highest BCUT2D eigenvalue weighted by atomic mass is 19.1. The van der Waals surface area contributed by atoms with Crippen molar-refractivity contribution in [3.8, 4) is 11.5 Å². The smallest absolute Gasteiger partial charge is 0.168 e. The van der Waals surface area contributed by atoms with Crippen LogP contribution in [-0.4, -0.2) is 7.05 Å². The topological polar surface area (TPSA) is 21.3 Å². The quantitative estimate of drug-likeness (QED) is 0.897. The molecule has 0 aromatic heterocycles. The van der Waals surface area contributed by atoms with Crippen LogP contribution >= 0.6 is 0 Å². The van der Waals surface area contributed by atoms with Crippen LogP contribution in [0.4, 0.5) is 8.78 Å². The fourth-order valence-electron chi connectivity index (χ4n) is 1.85. The van der Waals surface area contributed by atoms with Gasteiger partial charge in [0, 0.05) is 6.04 Å². The van der Waals surface area contributed by atoms with Crippen molar-refractivity contribution in [1.29, 1.82) is 0 Å². The molecule has 1 atom stereocenters. The Morgan fingerprint density at radius 3 is 2.50 bits per heavy atom. The molecule has 0 saturated heterocycles. The van der Waals surface area contributed by atoms with Gasteiger partial charge in [0.25, 0.3) is 0 Å². The molecule has 1 N–H and O–H groups in total. The predicted octanol–water partition coefficient (Wildman–Crippen LogP) is 4.35. The summed E-state index contributed by atoms with van der Waals surface area (Å²) in [7, 11) is 1.80. The summed E-state index contributed by atoms with van der Waals surface area (Å²) in [6, 6.07) is 9.48. The van der Waals surface area contributed by atoms with Crippen LogP contribution in [0.25, 0.3) is 0 Å². The van der Waals surface area contributed by atoms with Crippen LogP contribution in [0.2, 0.25) is 0 Å². The zero-order valence-electron chi connectivity index (χ0n) is 11.7. The Balaban J connectivity index is 2.28. The van der Waals surface area contributed by atoms with E-state index < -0.39 is 11.6 Å². The summed E-state index contributed by atoms with van der Waals surface area (Å²) < 4.78 is 33.1. The number of hydrogen-bond donors (Lipinski definition) is 1. The van der Waals surface area contributed by atoms with Crippen molar-refractivity contribution in [2.24, 2.45) is 0 Å². The standard InChI is InChI=1S/C16H17F2NO/c1-10-5-4-6-15(16(10)18)20-14-8-7-12(9-13(14)17)11(2)19-3/h4-9,11,19H,1-3H3. The third kappa shape index (κ3) is 2.96. The molecule has 0 heterocycles. The van der Waals surface area contributed by atoms with Crippen LogP contribution in [0.1, 0.15) is 24.1 Å². The minimum absolute atomic E-state index is 0.0153. The number of hydrogen-bond acceptors (Lipinski definition) is 2. The van der Waals surface area contributed by atoms with Gasteiger partial charge in [-0.25, -0.2) is 8.78 Å². The van der Waals surface area contributed by atoms with Crippen LogP contribution in [0, 0.1) is 18.6 Å². The van der Waals surface area contributed by atoms with Crippen molar-refractivity contribution in [2.75, 3.05) is 7.05 Å². The molecule has 0 fully saturated rings. The second-order valence-electron chi connectivity index (χ2n) is 4.69. The van der Waals surface area contributed by atoms with Gasteiger partial charge in [-0.1, -0.05) is 18.2 Å². The van der Waals surface area contributed by atoms with E-state index in [1.807, 2.05) is 6.92 Å². The molecule has 20 heavy (non-hydrogen) atoms. The van der Waals surface area contributed by atoms with Crippen molar-refractivity contribution in [1.82, 2.24) is 5.32 Å². The Kier molecular flexibility index (Phi) is 4.35. The molecular weight excluding hydrogens is 260 g/mol. The van der Waals surface area contributed by atoms with Crippen LogP contribution in [0.3, 0.4) is 0 Å². The number of halogens is 2. The highest BCUT2D eigenvalue weighted by Gasteiger charge is 2.12. The van der Waals surface area contributed by atoms with Gasteiger partial charge in [0.05, 0.1) is 0 Å².